The maximum Gasteiger partial charge on any atom is 0.411 e. The molecule has 140 valence electrons. The molecule has 6 heteroatoms. The first-order valence-corrected chi connectivity index (χ1v) is 8.28. The molecule has 0 radical (unpaired) electrons. The normalized spacial score (nSPS) is 13.2. The van der Waals surface area contributed by atoms with Crippen molar-refractivity contribution in [3.8, 4) is 0 Å². The van der Waals surface area contributed by atoms with Gasteiger partial charge in [-0.3, -0.25) is 4.90 Å². The molecular formula is C19H29NO5. The van der Waals surface area contributed by atoms with Gasteiger partial charge in [-0.1, -0.05) is 30.3 Å². The van der Waals surface area contributed by atoms with Crippen molar-refractivity contribution in [1.82, 2.24) is 4.90 Å². The van der Waals surface area contributed by atoms with E-state index in [-0.39, 0.29) is 13.2 Å². The molecule has 1 amide bonds. The number of benzene rings is 1. The molecule has 0 aliphatic rings. The van der Waals surface area contributed by atoms with Crippen LogP contribution in [0.1, 0.15) is 47.1 Å². The smallest absolute Gasteiger partial charge is 0.411 e. The topological polar surface area (TPSA) is 76.1 Å². The first-order valence-electron chi connectivity index (χ1n) is 8.28. The van der Waals surface area contributed by atoms with E-state index in [1.165, 1.54) is 4.90 Å². The van der Waals surface area contributed by atoms with Gasteiger partial charge >= 0.3 is 12.1 Å². The molecular weight excluding hydrogens is 322 g/mol. The minimum atomic E-state index is -1.14. The van der Waals surface area contributed by atoms with E-state index in [4.69, 9.17) is 9.47 Å². The van der Waals surface area contributed by atoms with Crippen molar-refractivity contribution in [1.29, 1.82) is 0 Å². The lowest BCUT2D eigenvalue weighted by molar-refractivity contribution is -0.150. The summed E-state index contributed by atoms with van der Waals surface area (Å²) in [5.41, 5.74) is -0.411. The second-order valence-corrected chi connectivity index (χ2v) is 7.86. The Kier molecular flexibility index (Phi) is 6.99. The Balaban J connectivity index is 2.92. The number of carboxylic acids is 1. The van der Waals surface area contributed by atoms with Gasteiger partial charge in [-0.15, -0.1) is 0 Å². The molecule has 0 spiro atoms. The van der Waals surface area contributed by atoms with Crippen molar-refractivity contribution in [3.63, 3.8) is 0 Å². The number of rotatable bonds is 6. The zero-order valence-electron chi connectivity index (χ0n) is 15.9. The van der Waals surface area contributed by atoms with E-state index in [9.17, 15) is 14.7 Å². The largest absolute Gasteiger partial charge is 0.480 e. The van der Waals surface area contributed by atoms with Crippen LogP contribution in [-0.2, 0) is 20.9 Å². The van der Waals surface area contributed by atoms with E-state index < -0.39 is 29.2 Å². The van der Waals surface area contributed by atoms with Crippen molar-refractivity contribution < 1.29 is 24.2 Å². The molecule has 6 nitrogen and oxygen atoms in total. The lowest BCUT2D eigenvalue weighted by Gasteiger charge is -2.39. The Morgan fingerprint density at radius 3 is 2.08 bits per heavy atom. The van der Waals surface area contributed by atoms with Crippen molar-refractivity contribution in [3.05, 3.63) is 35.9 Å². The molecule has 1 N–H and O–H groups in total. The van der Waals surface area contributed by atoms with Crippen molar-refractivity contribution in [2.24, 2.45) is 0 Å². The van der Waals surface area contributed by atoms with Gasteiger partial charge in [0.1, 0.15) is 6.61 Å². The molecule has 1 atom stereocenters. The van der Waals surface area contributed by atoms with Gasteiger partial charge in [-0.25, -0.2) is 9.59 Å². The summed E-state index contributed by atoms with van der Waals surface area (Å²) < 4.78 is 11.0. The van der Waals surface area contributed by atoms with Crippen LogP contribution in [0.2, 0.25) is 0 Å². The SMILES string of the molecule is CC(C)(C)OC[C@@H](C(=O)O)N(C(=O)OCc1ccccc1)C(C)(C)C. The number of aliphatic carboxylic acids is 1. The van der Waals surface area contributed by atoms with E-state index in [1.54, 1.807) is 20.8 Å². The maximum atomic E-state index is 12.6. The minimum absolute atomic E-state index is 0.0821. The molecule has 0 fully saturated rings. The molecule has 0 heterocycles. The molecule has 0 saturated carbocycles. The van der Waals surface area contributed by atoms with Crippen LogP contribution in [0.3, 0.4) is 0 Å². The second kappa shape index (κ2) is 8.34. The Morgan fingerprint density at radius 2 is 1.64 bits per heavy atom. The summed E-state index contributed by atoms with van der Waals surface area (Å²) in [6.07, 6.45) is -0.679. The van der Waals surface area contributed by atoms with Gasteiger partial charge in [0.25, 0.3) is 0 Å². The van der Waals surface area contributed by atoms with Crippen LogP contribution in [-0.4, -0.2) is 45.9 Å². The molecule has 0 unspecified atom stereocenters. The zero-order valence-corrected chi connectivity index (χ0v) is 15.9. The van der Waals surface area contributed by atoms with Crippen LogP contribution < -0.4 is 0 Å². The van der Waals surface area contributed by atoms with E-state index >= 15 is 0 Å². The maximum absolute atomic E-state index is 12.6. The van der Waals surface area contributed by atoms with Crippen LogP contribution in [0, 0.1) is 0 Å². The Hall–Kier alpha value is -2.08. The molecule has 0 saturated heterocycles. The van der Waals surface area contributed by atoms with Crippen molar-refractivity contribution >= 4 is 12.1 Å². The fourth-order valence-corrected chi connectivity index (χ4v) is 2.24. The Bertz CT molecular complexity index is 572. The average Bonchev–Trinajstić information content (AvgIpc) is 2.47. The molecule has 0 aliphatic carbocycles. The second-order valence-electron chi connectivity index (χ2n) is 7.86. The summed E-state index contributed by atoms with van der Waals surface area (Å²) in [6.45, 7) is 10.8. The molecule has 1 aromatic rings. The van der Waals surface area contributed by atoms with E-state index in [1.807, 2.05) is 51.1 Å². The first kappa shape index (κ1) is 21.0. The zero-order chi connectivity index (χ0) is 19.3. The summed E-state index contributed by atoms with van der Waals surface area (Å²) in [4.78, 5) is 25.6. The van der Waals surface area contributed by atoms with Gasteiger partial charge in [0.2, 0.25) is 0 Å². The van der Waals surface area contributed by atoms with Gasteiger partial charge in [-0.05, 0) is 47.1 Å². The lowest BCUT2D eigenvalue weighted by Crippen LogP contribution is -2.57. The van der Waals surface area contributed by atoms with Gasteiger partial charge in [0.15, 0.2) is 6.04 Å². The van der Waals surface area contributed by atoms with E-state index in [0.29, 0.717) is 0 Å². The predicted molar refractivity (Wildman–Crippen MR) is 95.3 cm³/mol. The third-order valence-corrected chi connectivity index (χ3v) is 3.40. The molecule has 0 aromatic heterocycles. The monoisotopic (exact) mass is 351 g/mol. The van der Waals surface area contributed by atoms with Crippen LogP contribution >= 0.6 is 0 Å². The molecule has 0 bridgehead atoms. The fourth-order valence-electron chi connectivity index (χ4n) is 2.24. The number of hydrogen-bond acceptors (Lipinski definition) is 4. The Morgan fingerprint density at radius 1 is 1.08 bits per heavy atom. The molecule has 25 heavy (non-hydrogen) atoms. The average molecular weight is 351 g/mol. The first-order chi connectivity index (χ1) is 11.4. The highest BCUT2D eigenvalue weighted by atomic mass is 16.6. The number of carbonyl (C=O) groups is 2. The summed E-state index contributed by atoms with van der Waals surface area (Å²) in [6, 6.07) is 8.11. The quantitative estimate of drug-likeness (QED) is 0.846. The van der Waals surface area contributed by atoms with Gasteiger partial charge in [0, 0.05) is 5.54 Å². The number of hydrogen-bond donors (Lipinski definition) is 1. The lowest BCUT2D eigenvalue weighted by atomic mass is 10.0. The summed E-state index contributed by atoms with van der Waals surface area (Å²) in [7, 11) is 0. The summed E-state index contributed by atoms with van der Waals surface area (Å²) >= 11 is 0. The van der Waals surface area contributed by atoms with E-state index in [0.717, 1.165) is 5.56 Å². The number of carbonyl (C=O) groups excluding carboxylic acids is 1. The van der Waals surface area contributed by atoms with Crippen LogP contribution in [0.15, 0.2) is 30.3 Å². The summed E-state index contributed by atoms with van der Waals surface area (Å²) in [5, 5.41) is 9.61. The Labute approximate surface area is 149 Å². The van der Waals surface area contributed by atoms with Crippen LogP contribution in [0.25, 0.3) is 0 Å². The number of nitrogens with zero attached hydrogens (tertiary/aromatic N) is 1. The highest BCUT2D eigenvalue weighted by molar-refractivity contribution is 5.80. The third kappa shape index (κ3) is 7.13. The minimum Gasteiger partial charge on any atom is -0.480 e. The summed E-state index contributed by atoms with van der Waals surface area (Å²) in [5.74, 6) is -1.13. The highest BCUT2D eigenvalue weighted by Crippen LogP contribution is 2.21. The number of amides is 1. The van der Waals surface area contributed by atoms with Gasteiger partial charge in [-0.2, -0.15) is 0 Å². The molecule has 1 aromatic carbocycles. The molecule has 1 rings (SSSR count). The van der Waals surface area contributed by atoms with Crippen molar-refractivity contribution in [2.45, 2.75) is 65.3 Å². The van der Waals surface area contributed by atoms with Gasteiger partial charge in [0.05, 0.1) is 12.2 Å². The van der Waals surface area contributed by atoms with Crippen LogP contribution in [0.4, 0.5) is 4.79 Å². The van der Waals surface area contributed by atoms with Crippen LogP contribution in [0.5, 0.6) is 0 Å². The fraction of sp³-hybridized carbons (Fsp3) is 0.579. The number of ether oxygens (including phenoxy) is 2. The molecule has 0 aliphatic heterocycles. The highest BCUT2D eigenvalue weighted by Gasteiger charge is 2.39. The van der Waals surface area contributed by atoms with Gasteiger partial charge < -0.3 is 14.6 Å². The van der Waals surface area contributed by atoms with E-state index in [2.05, 4.69) is 0 Å². The third-order valence-electron chi connectivity index (χ3n) is 3.40. The standard InChI is InChI=1S/C19H29NO5/c1-18(2,3)20(15(16(21)22)13-25-19(4,5)6)17(23)24-12-14-10-8-7-9-11-14/h7-11,15H,12-13H2,1-6H3,(H,21,22)/t15-/m0/s1. The van der Waals surface area contributed by atoms with Crippen molar-refractivity contribution in [2.75, 3.05) is 6.61 Å². The predicted octanol–water partition coefficient (Wildman–Crippen LogP) is 3.69. The number of carboxylic acid groups (broad SMARTS) is 1.